The first-order valence-electron chi connectivity index (χ1n) is 5.83. The van der Waals surface area contributed by atoms with Crippen LogP contribution in [0, 0.1) is 0 Å². The van der Waals surface area contributed by atoms with E-state index in [9.17, 15) is 4.79 Å². The molecular formula is C14H10Cl2N2O2S. The average Bonchev–Trinajstić information content (AvgIpc) is 2.94. The van der Waals surface area contributed by atoms with Crippen molar-refractivity contribution in [3.63, 3.8) is 0 Å². The van der Waals surface area contributed by atoms with Crippen molar-refractivity contribution in [1.29, 1.82) is 0 Å². The number of carbonyl (C=O) groups excluding carboxylic acids is 1. The van der Waals surface area contributed by atoms with Gasteiger partial charge in [-0.05, 0) is 48.6 Å². The average molecular weight is 341 g/mol. The van der Waals surface area contributed by atoms with Gasteiger partial charge in [-0.25, -0.2) is 0 Å². The van der Waals surface area contributed by atoms with Gasteiger partial charge < -0.3 is 9.73 Å². The molecule has 7 heteroatoms. The maximum atomic E-state index is 11.6. The largest absolute Gasteiger partial charge is 0.465 e. The fourth-order valence-corrected chi connectivity index (χ4v) is 1.95. The Morgan fingerprint density at radius 3 is 2.71 bits per heavy atom. The van der Waals surface area contributed by atoms with E-state index in [2.05, 4.69) is 10.6 Å². The smallest absolute Gasteiger partial charge is 0.250 e. The molecule has 1 aromatic heterocycles. The molecular weight excluding hydrogens is 331 g/mol. The minimum Gasteiger partial charge on any atom is -0.465 e. The third-order valence-corrected chi connectivity index (χ3v) is 3.30. The van der Waals surface area contributed by atoms with Crippen LogP contribution >= 0.6 is 35.4 Å². The molecule has 2 rings (SSSR count). The molecule has 0 radical (unpaired) electrons. The molecule has 0 spiro atoms. The van der Waals surface area contributed by atoms with Gasteiger partial charge in [0.15, 0.2) is 5.11 Å². The Labute approximate surface area is 136 Å². The third kappa shape index (κ3) is 4.90. The molecule has 0 saturated carbocycles. The van der Waals surface area contributed by atoms with Crippen LogP contribution in [0.25, 0.3) is 6.08 Å². The molecule has 1 amide bonds. The molecule has 4 nitrogen and oxygen atoms in total. The van der Waals surface area contributed by atoms with Crippen molar-refractivity contribution >= 4 is 58.2 Å². The highest BCUT2D eigenvalue weighted by Crippen LogP contribution is 2.24. The molecule has 0 bridgehead atoms. The molecule has 0 saturated heterocycles. The fourth-order valence-electron chi connectivity index (χ4n) is 1.43. The van der Waals surface area contributed by atoms with Gasteiger partial charge in [0.05, 0.1) is 16.3 Å². The number of rotatable bonds is 3. The minimum absolute atomic E-state index is 0.155. The summed E-state index contributed by atoms with van der Waals surface area (Å²) in [5.74, 6) is 0.206. The van der Waals surface area contributed by atoms with Crippen LogP contribution in [-0.2, 0) is 4.79 Å². The molecule has 2 N–H and O–H groups in total. The monoisotopic (exact) mass is 340 g/mol. The van der Waals surface area contributed by atoms with Gasteiger partial charge in [0.25, 0.3) is 0 Å². The van der Waals surface area contributed by atoms with E-state index >= 15 is 0 Å². The first kappa shape index (κ1) is 15.6. The normalized spacial score (nSPS) is 10.6. The van der Waals surface area contributed by atoms with Gasteiger partial charge in [-0.1, -0.05) is 23.2 Å². The van der Waals surface area contributed by atoms with Crippen molar-refractivity contribution in [1.82, 2.24) is 5.32 Å². The Bertz CT molecular complexity index is 684. The highest BCUT2D eigenvalue weighted by atomic mass is 35.5. The molecule has 0 unspecified atom stereocenters. The maximum absolute atomic E-state index is 11.6. The van der Waals surface area contributed by atoms with Gasteiger partial charge in [-0.15, -0.1) is 0 Å². The summed E-state index contributed by atoms with van der Waals surface area (Å²) in [6, 6.07) is 8.41. The van der Waals surface area contributed by atoms with Crippen molar-refractivity contribution in [3.05, 3.63) is 58.5 Å². The number of benzene rings is 1. The maximum Gasteiger partial charge on any atom is 0.250 e. The molecule has 0 atom stereocenters. The number of furan rings is 1. The number of hydrogen-bond acceptors (Lipinski definition) is 3. The Morgan fingerprint density at radius 2 is 2.05 bits per heavy atom. The predicted molar refractivity (Wildman–Crippen MR) is 88.6 cm³/mol. The Hall–Kier alpha value is -1.82. The lowest BCUT2D eigenvalue weighted by Gasteiger charge is -2.08. The van der Waals surface area contributed by atoms with Crippen LogP contribution in [0.5, 0.6) is 0 Å². The van der Waals surface area contributed by atoms with E-state index in [-0.39, 0.29) is 11.0 Å². The van der Waals surface area contributed by atoms with Gasteiger partial charge in [0.2, 0.25) is 5.91 Å². The topological polar surface area (TPSA) is 54.3 Å². The van der Waals surface area contributed by atoms with Crippen LogP contribution in [0.3, 0.4) is 0 Å². The number of amides is 1. The number of halogens is 2. The summed E-state index contributed by atoms with van der Waals surface area (Å²) in [4.78, 5) is 11.6. The van der Waals surface area contributed by atoms with Gasteiger partial charge in [0.1, 0.15) is 5.76 Å². The lowest BCUT2D eigenvalue weighted by Crippen LogP contribution is -2.32. The number of carbonyl (C=O) groups is 1. The van der Waals surface area contributed by atoms with Gasteiger partial charge in [-0.2, -0.15) is 0 Å². The van der Waals surface area contributed by atoms with Gasteiger partial charge in [-0.3, -0.25) is 10.1 Å². The second kappa shape index (κ2) is 7.26. The first-order chi connectivity index (χ1) is 10.0. The first-order valence-corrected chi connectivity index (χ1v) is 6.99. The van der Waals surface area contributed by atoms with E-state index in [1.165, 1.54) is 18.4 Å². The zero-order chi connectivity index (χ0) is 15.2. The number of hydrogen-bond donors (Lipinski definition) is 2. The van der Waals surface area contributed by atoms with Crippen molar-refractivity contribution in [2.45, 2.75) is 0 Å². The van der Waals surface area contributed by atoms with Crippen molar-refractivity contribution < 1.29 is 9.21 Å². The van der Waals surface area contributed by atoms with Crippen LogP contribution in [0.2, 0.25) is 10.0 Å². The van der Waals surface area contributed by atoms with Crippen molar-refractivity contribution in [2.75, 3.05) is 5.32 Å². The summed E-state index contributed by atoms with van der Waals surface area (Å²) in [5.41, 5.74) is 0.629. The summed E-state index contributed by atoms with van der Waals surface area (Å²) in [6.07, 6.45) is 4.38. The van der Waals surface area contributed by atoms with Crippen LogP contribution in [-0.4, -0.2) is 11.0 Å². The summed E-state index contributed by atoms with van der Waals surface area (Å²) in [5, 5.41) is 6.33. The van der Waals surface area contributed by atoms with E-state index in [4.69, 9.17) is 39.8 Å². The van der Waals surface area contributed by atoms with Crippen molar-refractivity contribution in [3.8, 4) is 0 Å². The van der Waals surface area contributed by atoms with E-state index in [1.54, 1.807) is 30.3 Å². The summed E-state index contributed by atoms with van der Waals surface area (Å²) in [6.45, 7) is 0. The van der Waals surface area contributed by atoms with Crippen LogP contribution in [0.4, 0.5) is 5.69 Å². The van der Waals surface area contributed by atoms with E-state index in [1.807, 2.05) is 0 Å². The third-order valence-electron chi connectivity index (χ3n) is 2.36. The Morgan fingerprint density at radius 1 is 1.24 bits per heavy atom. The van der Waals surface area contributed by atoms with E-state index in [0.717, 1.165) is 0 Å². The minimum atomic E-state index is -0.371. The molecule has 0 aliphatic heterocycles. The molecule has 108 valence electrons. The zero-order valence-corrected chi connectivity index (χ0v) is 12.9. The number of nitrogens with one attached hydrogen (secondary N) is 2. The summed E-state index contributed by atoms with van der Waals surface area (Å²) in [7, 11) is 0. The van der Waals surface area contributed by atoms with Gasteiger partial charge >= 0.3 is 0 Å². The highest BCUT2D eigenvalue weighted by Gasteiger charge is 2.04. The predicted octanol–water partition coefficient (Wildman–Crippen LogP) is 4.11. The van der Waals surface area contributed by atoms with E-state index < -0.39 is 0 Å². The molecule has 21 heavy (non-hydrogen) atoms. The quantitative estimate of drug-likeness (QED) is 0.652. The van der Waals surface area contributed by atoms with E-state index in [0.29, 0.717) is 21.5 Å². The molecule has 0 fully saturated rings. The lowest BCUT2D eigenvalue weighted by atomic mass is 10.3. The number of anilines is 1. The fraction of sp³-hybridized carbons (Fsp3) is 0. The SMILES string of the molecule is O=C(C=Cc1ccco1)NC(=S)Nc1ccc(Cl)c(Cl)c1. The Kier molecular flexibility index (Phi) is 5.38. The lowest BCUT2D eigenvalue weighted by molar-refractivity contribution is -0.115. The van der Waals surface area contributed by atoms with Gasteiger partial charge in [0, 0.05) is 11.8 Å². The second-order valence-electron chi connectivity index (χ2n) is 3.92. The molecule has 1 heterocycles. The standard InChI is InChI=1S/C14H10Cl2N2O2S/c15-11-5-3-9(8-12(11)16)17-14(21)18-13(19)6-4-10-2-1-7-20-10/h1-8H,(H2,17,18,19,21). The Balaban J connectivity index is 1.89. The van der Waals surface area contributed by atoms with Crippen LogP contribution < -0.4 is 10.6 Å². The number of thiocarbonyl (C=S) groups is 1. The molecule has 1 aromatic carbocycles. The molecule has 2 aromatic rings. The zero-order valence-electron chi connectivity index (χ0n) is 10.6. The second-order valence-corrected chi connectivity index (χ2v) is 5.14. The molecule has 0 aliphatic carbocycles. The molecule has 0 aliphatic rings. The van der Waals surface area contributed by atoms with Crippen molar-refractivity contribution in [2.24, 2.45) is 0 Å². The summed E-state index contributed by atoms with van der Waals surface area (Å²) < 4.78 is 5.07. The summed E-state index contributed by atoms with van der Waals surface area (Å²) >= 11 is 16.7. The van der Waals surface area contributed by atoms with Crippen LogP contribution in [0.15, 0.2) is 47.1 Å². The van der Waals surface area contributed by atoms with Crippen LogP contribution in [0.1, 0.15) is 5.76 Å². The highest BCUT2D eigenvalue weighted by molar-refractivity contribution is 7.80.